The second kappa shape index (κ2) is 9.88. The number of guanidine groups is 1. The molecule has 4 rings (SSSR count). The molecule has 5 atom stereocenters. The molecule has 1 aliphatic heterocycles. The number of nitrogens with one attached hydrogen (secondary N) is 2. The molecule has 0 radical (unpaired) electrons. The molecule has 2 saturated carbocycles. The molecule has 8 heteroatoms. The van der Waals surface area contributed by atoms with Gasteiger partial charge in [0.05, 0.1) is 17.6 Å². The fourth-order valence-electron chi connectivity index (χ4n) is 5.19. The van der Waals surface area contributed by atoms with Crippen LogP contribution in [-0.4, -0.2) is 42.6 Å². The van der Waals surface area contributed by atoms with E-state index in [9.17, 15) is 10.4 Å². The largest absolute Gasteiger partial charge is 0.506 e. The van der Waals surface area contributed by atoms with Crippen LogP contribution in [0.1, 0.15) is 37.7 Å². The molecule has 2 aliphatic carbocycles. The second-order valence-electron chi connectivity index (χ2n) is 9.05. The molecule has 3 unspecified atom stereocenters. The van der Waals surface area contributed by atoms with E-state index in [4.69, 9.17) is 22.3 Å². The predicted molar refractivity (Wildman–Crippen MR) is 123 cm³/mol. The van der Waals surface area contributed by atoms with Gasteiger partial charge in [-0.05, 0) is 67.6 Å². The average molecular weight is 443 g/mol. The van der Waals surface area contributed by atoms with Crippen LogP contribution in [0.5, 0.6) is 5.75 Å². The van der Waals surface area contributed by atoms with Gasteiger partial charge in [0.15, 0.2) is 5.96 Å². The number of fused-ring (bicyclic) bond motifs is 2. The summed E-state index contributed by atoms with van der Waals surface area (Å²) in [5, 5.41) is 25.9. The Labute approximate surface area is 188 Å². The molecule has 3 aliphatic rings. The lowest BCUT2D eigenvalue weighted by Crippen LogP contribution is -2.49. The van der Waals surface area contributed by atoms with Gasteiger partial charge < -0.3 is 21.5 Å². The summed E-state index contributed by atoms with van der Waals surface area (Å²) in [6, 6.07) is 7.89. The topological polar surface area (TPSA) is 119 Å². The third kappa shape index (κ3) is 5.31. The van der Waals surface area contributed by atoms with E-state index in [0.29, 0.717) is 53.7 Å². The average Bonchev–Trinajstić information content (AvgIpc) is 2.75. The number of aromatic hydroxyl groups is 1. The summed E-state index contributed by atoms with van der Waals surface area (Å²) in [5.41, 5.74) is 7.44. The van der Waals surface area contributed by atoms with Crippen LogP contribution in [-0.2, 0) is 6.42 Å². The van der Waals surface area contributed by atoms with Crippen molar-refractivity contribution in [2.24, 2.45) is 39.4 Å². The minimum atomic E-state index is -0.327. The highest BCUT2D eigenvalue weighted by molar-refractivity contribution is 6.32. The lowest BCUT2D eigenvalue weighted by molar-refractivity contribution is 0.110. The first-order valence-corrected chi connectivity index (χ1v) is 11.6. The lowest BCUT2D eigenvalue weighted by Gasteiger charge is -2.43. The van der Waals surface area contributed by atoms with Crippen molar-refractivity contribution in [3.05, 3.63) is 28.8 Å². The Hall–Kier alpha value is -2.30. The van der Waals surface area contributed by atoms with Gasteiger partial charge in [-0.25, -0.2) is 0 Å². The van der Waals surface area contributed by atoms with E-state index in [1.54, 1.807) is 12.1 Å². The zero-order valence-electron chi connectivity index (χ0n) is 17.7. The van der Waals surface area contributed by atoms with Gasteiger partial charge in [-0.2, -0.15) is 5.26 Å². The van der Waals surface area contributed by atoms with Crippen LogP contribution in [0.4, 0.5) is 0 Å². The lowest BCUT2D eigenvalue weighted by atomic mass is 9.65. The van der Waals surface area contributed by atoms with Crippen molar-refractivity contribution < 1.29 is 5.11 Å². The van der Waals surface area contributed by atoms with Gasteiger partial charge in [0.2, 0.25) is 0 Å². The summed E-state index contributed by atoms with van der Waals surface area (Å²) in [5.74, 6) is 2.95. The predicted octanol–water partition coefficient (Wildman–Crippen LogP) is 2.83. The molecule has 1 aromatic rings. The summed E-state index contributed by atoms with van der Waals surface area (Å²) in [4.78, 5) is 9.28. The molecule has 2 bridgehead atoms. The molecule has 1 heterocycles. The fourth-order valence-corrected chi connectivity index (χ4v) is 5.39. The van der Waals surface area contributed by atoms with Crippen LogP contribution >= 0.6 is 11.6 Å². The van der Waals surface area contributed by atoms with Crippen molar-refractivity contribution in [1.29, 1.82) is 5.26 Å². The van der Waals surface area contributed by atoms with Crippen LogP contribution in [0.15, 0.2) is 28.2 Å². The molecule has 0 aromatic heterocycles. The number of halogens is 1. The summed E-state index contributed by atoms with van der Waals surface area (Å²) < 4.78 is 0. The van der Waals surface area contributed by atoms with Crippen LogP contribution < -0.4 is 16.4 Å². The van der Waals surface area contributed by atoms with Crippen LogP contribution in [0.3, 0.4) is 0 Å². The highest BCUT2D eigenvalue weighted by Crippen LogP contribution is 2.41. The maximum absolute atomic E-state index is 9.53. The van der Waals surface area contributed by atoms with E-state index in [2.05, 4.69) is 21.7 Å². The molecule has 2 fully saturated rings. The van der Waals surface area contributed by atoms with Gasteiger partial charge >= 0.3 is 0 Å². The number of aliphatic imine (C=N–C) groups is 2. The summed E-state index contributed by atoms with van der Waals surface area (Å²) in [6.07, 6.45) is 6.85. The minimum Gasteiger partial charge on any atom is -0.506 e. The van der Waals surface area contributed by atoms with E-state index in [-0.39, 0.29) is 11.7 Å². The van der Waals surface area contributed by atoms with Crippen LogP contribution in [0.25, 0.3) is 0 Å². The number of hydrogen-bond donors (Lipinski definition) is 4. The maximum Gasteiger partial charge on any atom is 0.196 e. The summed E-state index contributed by atoms with van der Waals surface area (Å²) in [6.45, 7) is 1.82. The van der Waals surface area contributed by atoms with Gasteiger partial charge in [-0.15, -0.1) is 0 Å². The molecule has 5 N–H and O–H groups in total. The molecular weight excluding hydrogens is 412 g/mol. The van der Waals surface area contributed by atoms with Gasteiger partial charge in [-0.3, -0.25) is 9.98 Å². The maximum atomic E-state index is 9.53. The number of benzene rings is 1. The number of nitriles is 1. The number of nitrogens with two attached hydrogens (primary N) is 1. The molecule has 1 aromatic carbocycles. The van der Waals surface area contributed by atoms with Gasteiger partial charge in [0, 0.05) is 19.1 Å². The van der Waals surface area contributed by atoms with Crippen LogP contribution in [0.2, 0.25) is 5.02 Å². The SMILES string of the molecule is N#CC1CN=C(NCCc2ccc(O)c(Cl)c2)NC1=NCC1C[C@H]2CCC[C@@H](C1)C2N. The van der Waals surface area contributed by atoms with Crippen molar-refractivity contribution in [3.8, 4) is 11.8 Å². The second-order valence-corrected chi connectivity index (χ2v) is 9.46. The third-order valence-electron chi connectivity index (χ3n) is 6.91. The summed E-state index contributed by atoms with van der Waals surface area (Å²) in [7, 11) is 0. The van der Waals surface area contributed by atoms with E-state index < -0.39 is 0 Å². The summed E-state index contributed by atoms with van der Waals surface area (Å²) >= 11 is 5.97. The molecule has 166 valence electrons. The highest BCUT2D eigenvalue weighted by atomic mass is 35.5. The standard InChI is InChI=1S/C23H31ClN6O/c24-19-10-14(4-5-20(19)31)6-7-27-23-29-13-18(11-25)22(30-23)28-12-15-8-16-2-1-3-17(9-15)21(16)26/h4-5,10,15-18,21,31H,1-3,6-9,12-13,26H2,(H2,27,28,29,30)/t15?,16-,17+,18?,21?. The number of amidine groups is 1. The molecule has 0 saturated heterocycles. The normalized spacial score (nSPS) is 31.5. The third-order valence-corrected chi connectivity index (χ3v) is 7.22. The van der Waals surface area contributed by atoms with Crippen molar-refractivity contribution >= 4 is 23.4 Å². The minimum absolute atomic E-state index is 0.0867. The number of nitrogens with zero attached hydrogens (tertiary/aromatic N) is 3. The van der Waals surface area contributed by atoms with Gasteiger partial charge in [0.1, 0.15) is 17.5 Å². The number of phenols is 1. The Morgan fingerprint density at radius 3 is 2.81 bits per heavy atom. The Kier molecular flexibility index (Phi) is 6.99. The number of hydrogen-bond acceptors (Lipinski definition) is 6. The smallest absolute Gasteiger partial charge is 0.196 e. The number of phenolic OH excluding ortho intramolecular Hbond substituents is 1. The monoisotopic (exact) mass is 442 g/mol. The van der Waals surface area contributed by atoms with E-state index in [1.807, 2.05) is 6.07 Å². The van der Waals surface area contributed by atoms with Crippen LogP contribution in [0, 0.1) is 35.0 Å². The molecule has 7 nitrogen and oxygen atoms in total. The zero-order chi connectivity index (χ0) is 21.8. The van der Waals surface area contributed by atoms with E-state index in [0.717, 1.165) is 31.4 Å². The van der Waals surface area contributed by atoms with Crippen molar-refractivity contribution in [2.45, 2.75) is 44.6 Å². The van der Waals surface area contributed by atoms with Crippen molar-refractivity contribution in [2.75, 3.05) is 19.6 Å². The Morgan fingerprint density at radius 1 is 1.32 bits per heavy atom. The molecule has 0 amide bonds. The molecular formula is C23H31ClN6O. The van der Waals surface area contributed by atoms with Crippen molar-refractivity contribution in [1.82, 2.24) is 10.6 Å². The molecule has 31 heavy (non-hydrogen) atoms. The Balaban J connectivity index is 1.31. The van der Waals surface area contributed by atoms with Gasteiger partial charge in [0.25, 0.3) is 0 Å². The first kappa shape index (κ1) is 21.9. The number of rotatable bonds is 5. The van der Waals surface area contributed by atoms with E-state index in [1.165, 1.54) is 19.3 Å². The Morgan fingerprint density at radius 2 is 2.10 bits per heavy atom. The fraction of sp³-hybridized carbons (Fsp3) is 0.609. The first-order valence-electron chi connectivity index (χ1n) is 11.3. The van der Waals surface area contributed by atoms with Gasteiger partial charge in [-0.1, -0.05) is 24.1 Å². The highest BCUT2D eigenvalue weighted by Gasteiger charge is 2.38. The zero-order valence-corrected chi connectivity index (χ0v) is 18.5. The first-order chi connectivity index (χ1) is 15.0. The quantitative estimate of drug-likeness (QED) is 0.559. The molecule has 0 spiro atoms. The van der Waals surface area contributed by atoms with Crippen molar-refractivity contribution in [3.63, 3.8) is 0 Å². The van der Waals surface area contributed by atoms with E-state index >= 15 is 0 Å². The Bertz CT molecular complexity index is 881.